The van der Waals surface area contributed by atoms with E-state index in [-0.39, 0.29) is 5.91 Å². The second-order valence-electron chi connectivity index (χ2n) is 7.42. The first-order valence-corrected chi connectivity index (χ1v) is 9.39. The number of carbonyl (C=O) groups excluding carboxylic acids is 1. The van der Waals surface area contributed by atoms with Gasteiger partial charge in [-0.15, -0.1) is 0 Å². The van der Waals surface area contributed by atoms with Crippen molar-refractivity contribution in [2.45, 2.75) is 95.4 Å². The molecule has 0 unspecified atom stereocenters. The summed E-state index contributed by atoms with van der Waals surface area (Å²) in [6.07, 6.45) is 13.5. The molecule has 1 aliphatic heterocycles. The summed E-state index contributed by atoms with van der Waals surface area (Å²) in [6, 6.07) is 1.09. The fourth-order valence-corrected chi connectivity index (χ4v) is 4.39. The smallest absolute Gasteiger partial charge is 0.219 e. The molecule has 3 aliphatic rings. The zero-order valence-corrected chi connectivity index (χ0v) is 14.1. The van der Waals surface area contributed by atoms with Crippen molar-refractivity contribution in [1.29, 1.82) is 0 Å². The third-order valence-electron chi connectivity index (χ3n) is 5.76. The number of amides is 1. The van der Waals surface area contributed by atoms with Crippen LogP contribution in [0.4, 0.5) is 0 Å². The van der Waals surface area contributed by atoms with E-state index in [1.807, 2.05) is 4.90 Å². The maximum Gasteiger partial charge on any atom is 0.219 e. The van der Waals surface area contributed by atoms with Crippen LogP contribution in [0.15, 0.2) is 0 Å². The van der Waals surface area contributed by atoms with Crippen LogP contribution < -0.4 is 5.32 Å². The molecule has 3 fully saturated rings. The van der Waals surface area contributed by atoms with Crippen LogP contribution in [0.5, 0.6) is 0 Å². The van der Waals surface area contributed by atoms with Gasteiger partial charge in [0.25, 0.3) is 0 Å². The van der Waals surface area contributed by atoms with Gasteiger partial charge in [0.2, 0.25) is 5.91 Å². The van der Waals surface area contributed by atoms with Crippen LogP contribution in [-0.2, 0) is 9.53 Å². The van der Waals surface area contributed by atoms with Gasteiger partial charge in [0.1, 0.15) is 0 Å². The molecule has 0 aromatic rings. The van der Waals surface area contributed by atoms with E-state index in [9.17, 15) is 4.79 Å². The van der Waals surface area contributed by atoms with Gasteiger partial charge < -0.3 is 15.0 Å². The molecule has 0 bridgehead atoms. The molecule has 2 atom stereocenters. The van der Waals surface area contributed by atoms with Crippen molar-refractivity contribution >= 4 is 5.91 Å². The molecule has 2 saturated carbocycles. The quantitative estimate of drug-likeness (QED) is 0.868. The van der Waals surface area contributed by atoms with E-state index >= 15 is 0 Å². The van der Waals surface area contributed by atoms with Crippen LogP contribution in [0.2, 0.25) is 0 Å². The van der Waals surface area contributed by atoms with Gasteiger partial charge in [-0.05, 0) is 38.5 Å². The third-order valence-corrected chi connectivity index (χ3v) is 5.76. The highest BCUT2D eigenvalue weighted by atomic mass is 16.5. The fourth-order valence-electron chi connectivity index (χ4n) is 4.39. The van der Waals surface area contributed by atoms with Crippen molar-refractivity contribution in [3.05, 3.63) is 0 Å². The first-order valence-electron chi connectivity index (χ1n) is 9.39. The summed E-state index contributed by atoms with van der Waals surface area (Å²) in [5, 5.41) is 3.88. The molecule has 1 saturated heterocycles. The molecule has 0 aromatic heterocycles. The number of ether oxygens (including phenoxy) is 1. The number of carbonyl (C=O) groups is 1. The Hall–Kier alpha value is -0.610. The Balaban J connectivity index is 1.47. The number of nitrogens with zero attached hydrogens (tertiary/aromatic N) is 1. The number of piperidine rings is 1. The van der Waals surface area contributed by atoms with Gasteiger partial charge in [0.15, 0.2) is 0 Å². The lowest BCUT2D eigenvalue weighted by Crippen LogP contribution is -2.52. The Bertz CT molecular complexity index is 360. The monoisotopic (exact) mass is 308 g/mol. The van der Waals surface area contributed by atoms with Crippen molar-refractivity contribution in [2.75, 3.05) is 13.1 Å². The summed E-state index contributed by atoms with van der Waals surface area (Å²) < 4.78 is 6.44. The third kappa shape index (κ3) is 4.23. The van der Waals surface area contributed by atoms with Crippen LogP contribution in [0.3, 0.4) is 0 Å². The average Bonchev–Trinajstić information content (AvgIpc) is 3.03. The first kappa shape index (κ1) is 16.3. The van der Waals surface area contributed by atoms with E-state index < -0.39 is 0 Å². The molecule has 0 radical (unpaired) electrons. The predicted molar refractivity (Wildman–Crippen MR) is 87.8 cm³/mol. The van der Waals surface area contributed by atoms with Crippen LogP contribution in [-0.4, -0.2) is 48.2 Å². The molecule has 22 heavy (non-hydrogen) atoms. The second kappa shape index (κ2) is 7.78. The lowest BCUT2D eigenvalue weighted by molar-refractivity contribution is -0.130. The zero-order chi connectivity index (χ0) is 15.4. The normalized spacial score (nSPS) is 31.6. The lowest BCUT2D eigenvalue weighted by Gasteiger charge is -2.39. The molecule has 4 nitrogen and oxygen atoms in total. The minimum atomic E-state index is 0.221. The number of likely N-dealkylation sites (tertiary alicyclic amines) is 1. The van der Waals surface area contributed by atoms with Gasteiger partial charge in [-0.25, -0.2) is 0 Å². The molecule has 2 aliphatic carbocycles. The van der Waals surface area contributed by atoms with Crippen molar-refractivity contribution in [3.63, 3.8) is 0 Å². The van der Waals surface area contributed by atoms with E-state index in [4.69, 9.17) is 4.74 Å². The first-order chi connectivity index (χ1) is 10.7. The summed E-state index contributed by atoms with van der Waals surface area (Å²) in [6.45, 7) is 3.50. The topological polar surface area (TPSA) is 41.6 Å². The standard InChI is InChI=1S/C18H32N2O2/c1-14(21)20-12-10-15(11-13-20)19-17-8-4-5-9-18(17)22-16-6-2-3-7-16/h15-19H,2-13H2,1H3/t17-,18+/m1/s1. The molecule has 1 N–H and O–H groups in total. The van der Waals surface area contributed by atoms with Crippen LogP contribution in [0.25, 0.3) is 0 Å². The fraction of sp³-hybridized carbons (Fsp3) is 0.944. The highest BCUT2D eigenvalue weighted by Gasteiger charge is 2.31. The van der Waals surface area contributed by atoms with Gasteiger partial charge in [0, 0.05) is 32.1 Å². The Morgan fingerprint density at radius 3 is 2.27 bits per heavy atom. The minimum absolute atomic E-state index is 0.221. The van der Waals surface area contributed by atoms with Gasteiger partial charge in [-0.1, -0.05) is 25.7 Å². The summed E-state index contributed by atoms with van der Waals surface area (Å²) in [5.41, 5.74) is 0. The van der Waals surface area contributed by atoms with E-state index in [0.29, 0.717) is 24.3 Å². The van der Waals surface area contributed by atoms with Crippen LogP contribution >= 0.6 is 0 Å². The maximum atomic E-state index is 11.4. The Labute approximate surface area is 135 Å². The summed E-state index contributed by atoms with van der Waals surface area (Å²) >= 11 is 0. The van der Waals surface area contributed by atoms with Crippen molar-refractivity contribution in [2.24, 2.45) is 0 Å². The largest absolute Gasteiger partial charge is 0.373 e. The van der Waals surface area contributed by atoms with Crippen molar-refractivity contribution < 1.29 is 9.53 Å². The Kier molecular flexibility index (Phi) is 5.75. The molecule has 4 heteroatoms. The van der Waals surface area contributed by atoms with E-state index in [1.54, 1.807) is 6.92 Å². The second-order valence-corrected chi connectivity index (χ2v) is 7.42. The molecule has 3 rings (SSSR count). The van der Waals surface area contributed by atoms with Gasteiger partial charge in [-0.3, -0.25) is 4.79 Å². The van der Waals surface area contributed by atoms with Crippen molar-refractivity contribution in [3.8, 4) is 0 Å². The highest BCUT2D eigenvalue weighted by molar-refractivity contribution is 5.73. The molecular formula is C18H32N2O2. The minimum Gasteiger partial charge on any atom is -0.373 e. The molecule has 126 valence electrons. The van der Waals surface area contributed by atoms with Crippen LogP contribution in [0.1, 0.15) is 71.1 Å². The highest BCUT2D eigenvalue weighted by Crippen LogP contribution is 2.29. The zero-order valence-electron chi connectivity index (χ0n) is 14.1. The number of rotatable bonds is 4. The summed E-state index contributed by atoms with van der Waals surface area (Å²) in [5.74, 6) is 0.221. The summed E-state index contributed by atoms with van der Waals surface area (Å²) in [7, 11) is 0. The van der Waals surface area contributed by atoms with E-state index in [1.165, 1.54) is 51.4 Å². The van der Waals surface area contributed by atoms with Gasteiger partial charge in [-0.2, -0.15) is 0 Å². The molecule has 0 spiro atoms. The Morgan fingerprint density at radius 2 is 1.59 bits per heavy atom. The molecular weight excluding hydrogens is 276 g/mol. The van der Waals surface area contributed by atoms with Gasteiger partial charge >= 0.3 is 0 Å². The van der Waals surface area contributed by atoms with Crippen molar-refractivity contribution in [1.82, 2.24) is 10.2 Å². The number of nitrogens with one attached hydrogen (secondary N) is 1. The lowest BCUT2D eigenvalue weighted by atomic mass is 9.90. The average molecular weight is 308 g/mol. The number of hydrogen-bond acceptors (Lipinski definition) is 3. The summed E-state index contributed by atoms with van der Waals surface area (Å²) in [4.78, 5) is 13.4. The van der Waals surface area contributed by atoms with Gasteiger partial charge in [0.05, 0.1) is 12.2 Å². The SMILES string of the molecule is CC(=O)N1CCC(N[C@@H]2CCCC[C@@H]2OC2CCCC2)CC1. The van der Waals surface area contributed by atoms with Crippen LogP contribution in [0, 0.1) is 0 Å². The predicted octanol–water partition coefficient (Wildman–Crippen LogP) is 2.86. The maximum absolute atomic E-state index is 11.4. The molecule has 1 heterocycles. The molecule has 0 aromatic carbocycles. The van der Waals surface area contributed by atoms with E-state index in [2.05, 4.69) is 5.32 Å². The number of hydrogen-bond donors (Lipinski definition) is 1. The molecule has 1 amide bonds. The van der Waals surface area contributed by atoms with E-state index in [0.717, 1.165) is 25.9 Å². The Morgan fingerprint density at radius 1 is 0.955 bits per heavy atom.